The van der Waals surface area contributed by atoms with E-state index >= 15 is 0 Å². The van der Waals surface area contributed by atoms with Gasteiger partial charge in [0.15, 0.2) is 6.10 Å². The van der Waals surface area contributed by atoms with E-state index in [9.17, 15) is 38.1 Å². The molecule has 0 bridgehead atoms. The largest absolute Gasteiger partial charge is 0.416 e. The predicted octanol–water partition coefficient (Wildman–Crippen LogP) is 2.59. The molecule has 35 heavy (non-hydrogen) atoms. The van der Waals surface area contributed by atoms with E-state index in [0.29, 0.717) is 0 Å². The van der Waals surface area contributed by atoms with Crippen molar-refractivity contribution in [2.75, 3.05) is 18.2 Å². The van der Waals surface area contributed by atoms with Gasteiger partial charge in [-0.25, -0.2) is 0 Å². The van der Waals surface area contributed by atoms with Crippen LogP contribution < -0.4 is 10.6 Å². The lowest BCUT2D eigenvalue weighted by Gasteiger charge is -2.28. The Hall–Kier alpha value is -1.83. The zero-order chi connectivity index (χ0) is 26.7. The molecule has 2 rings (SSSR count). The van der Waals surface area contributed by atoms with E-state index < -0.39 is 54.0 Å². The normalized spacial score (nSPS) is 20.4. The maximum absolute atomic E-state index is 13.1. The van der Waals surface area contributed by atoms with Gasteiger partial charge in [0.05, 0.1) is 16.3 Å². The lowest BCUT2D eigenvalue weighted by molar-refractivity contribution is -0.150. The predicted molar refractivity (Wildman–Crippen MR) is 125 cm³/mol. The molecule has 1 aromatic rings. The van der Waals surface area contributed by atoms with Crippen molar-refractivity contribution in [3.05, 3.63) is 34.9 Å². The monoisotopic (exact) mass is 540 g/mol. The van der Waals surface area contributed by atoms with Crippen LogP contribution in [0.5, 0.6) is 0 Å². The first-order valence-corrected chi connectivity index (χ1v) is 11.8. The van der Waals surface area contributed by atoms with E-state index in [1.807, 2.05) is 20.8 Å². The summed E-state index contributed by atoms with van der Waals surface area (Å²) in [7, 11) is 1.09. The minimum Gasteiger partial charge on any atom is -0.387 e. The van der Waals surface area contributed by atoms with Gasteiger partial charge in [0, 0.05) is 17.8 Å². The molecular formula is C22H28ClF3N2O6S. The molecule has 0 saturated heterocycles. The number of amides is 2. The molecule has 1 aliphatic rings. The smallest absolute Gasteiger partial charge is 0.387 e. The van der Waals surface area contributed by atoms with E-state index in [4.69, 9.17) is 16.3 Å². The number of benzene rings is 1. The molecule has 5 atom stereocenters. The van der Waals surface area contributed by atoms with Crippen LogP contribution >= 0.6 is 23.4 Å². The fourth-order valence-electron chi connectivity index (χ4n) is 3.10. The number of hydrogen-bond donors (Lipinski definition) is 5. The molecule has 0 saturated carbocycles. The second-order valence-electron chi connectivity index (χ2n) is 9.05. The molecule has 8 nitrogen and oxygen atoms in total. The Morgan fingerprint density at radius 1 is 1.26 bits per heavy atom. The molecular weight excluding hydrogens is 513 g/mol. The second-order valence-corrected chi connectivity index (χ2v) is 10.5. The second kappa shape index (κ2) is 11.5. The van der Waals surface area contributed by atoms with Crippen molar-refractivity contribution in [2.24, 2.45) is 5.41 Å². The molecule has 2 amide bonds. The lowest BCUT2D eigenvalue weighted by Crippen LogP contribution is -2.55. The number of methoxy groups -OCH3 is 1. The molecule has 0 radical (unpaired) electrons. The van der Waals surface area contributed by atoms with Gasteiger partial charge >= 0.3 is 6.18 Å². The van der Waals surface area contributed by atoms with Crippen molar-refractivity contribution < 1.29 is 42.8 Å². The number of anilines is 1. The number of aliphatic hydroxyl groups excluding tert-OH is 3. The minimum atomic E-state index is -4.68. The summed E-state index contributed by atoms with van der Waals surface area (Å²) in [6, 6.07) is 0.273. The van der Waals surface area contributed by atoms with Crippen LogP contribution in [0.15, 0.2) is 29.2 Å². The Labute approximate surface area is 209 Å². The Bertz CT molecular complexity index is 970. The van der Waals surface area contributed by atoms with Crippen LogP contribution in [0.25, 0.3) is 0 Å². The van der Waals surface area contributed by atoms with Gasteiger partial charge in [-0.15, -0.1) is 11.8 Å². The summed E-state index contributed by atoms with van der Waals surface area (Å²) in [6.07, 6.45) is -8.59. The molecule has 5 N–H and O–H groups in total. The lowest BCUT2D eigenvalue weighted by atomic mass is 9.94. The van der Waals surface area contributed by atoms with Gasteiger partial charge in [-0.3, -0.25) is 9.59 Å². The van der Waals surface area contributed by atoms with E-state index in [-0.39, 0.29) is 26.8 Å². The highest BCUT2D eigenvalue weighted by atomic mass is 35.5. The highest BCUT2D eigenvalue weighted by molar-refractivity contribution is 7.99. The summed E-state index contributed by atoms with van der Waals surface area (Å²) < 4.78 is 44.3. The average Bonchev–Trinajstić information content (AvgIpc) is 2.89. The number of hydrogen-bond acceptors (Lipinski definition) is 7. The maximum Gasteiger partial charge on any atom is 0.416 e. The third-order valence-corrected chi connectivity index (χ3v) is 6.61. The van der Waals surface area contributed by atoms with Gasteiger partial charge < -0.3 is 30.7 Å². The summed E-state index contributed by atoms with van der Waals surface area (Å²) in [4.78, 5) is 25.6. The zero-order valence-electron chi connectivity index (χ0n) is 19.4. The number of allylic oxidation sites excluding steroid dienone is 1. The SMILES string of the molecule is CO[C@@H](C(=O)N[C@H]1CSc2c(Cl)cc(C(F)(F)F)cc2NC1=O)[C@H](O)[C@@H](O)[C@H](O)/C=C/C(C)(C)C. The molecule has 0 aromatic heterocycles. The van der Waals surface area contributed by atoms with E-state index in [0.717, 1.165) is 31.0 Å². The number of carbonyl (C=O) groups excluding carboxylic acids is 2. The van der Waals surface area contributed by atoms with Gasteiger partial charge in [0.2, 0.25) is 5.91 Å². The standard InChI is InChI=1S/C22H28ClF3N2O6S/c1-21(2,3)6-5-14(29)15(30)16(31)17(34-4)20(33)28-13-9-35-18-11(23)7-10(22(24,25)26)8-12(18)27-19(13)32/h5-8,13-17,29-31H,9H2,1-4H3,(H,27,32)(H,28,33)/b6-5+/t13-,14+,15-,16+,17+/m0/s1. The van der Waals surface area contributed by atoms with Crippen LogP contribution in [-0.4, -0.2) is 70.5 Å². The highest BCUT2D eigenvalue weighted by Crippen LogP contribution is 2.41. The zero-order valence-corrected chi connectivity index (χ0v) is 21.0. The Kier molecular flexibility index (Phi) is 9.65. The summed E-state index contributed by atoms with van der Waals surface area (Å²) in [6.45, 7) is 5.57. The number of halogens is 4. The van der Waals surface area contributed by atoms with Crippen molar-refractivity contribution in [3.63, 3.8) is 0 Å². The number of nitrogens with one attached hydrogen (secondary N) is 2. The van der Waals surface area contributed by atoms with Crippen LogP contribution in [0.2, 0.25) is 5.02 Å². The summed E-state index contributed by atoms with van der Waals surface area (Å²) in [5.74, 6) is -1.86. The number of aliphatic hydroxyl groups is 3. The topological polar surface area (TPSA) is 128 Å². The van der Waals surface area contributed by atoms with Gasteiger partial charge in [-0.2, -0.15) is 13.2 Å². The van der Waals surface area contributed by atoms with Gasteiger partial charge in [-0.1, -0.05) is 44.5 Å². The van der Waals surface area contributed by atoms with Crippen molar-refractivity contribution in [1.82, 2.24) is 5.32 Å². The summed E-state index contributed by atoms with van der Waals surface area (Å²) >= 11 is 6.95. The molecule has 0 spiro atoms. The highest BCUT2D eigenvalue weighted by Gasteiger charge is 2.38. The average molecular weight is 541 g/mol. The molecule has 1 heterocycles. The number of rotatable bonds is 7. The Morgan fingerprint density at radius 3 is 2.43 bits per heavy atom. The molecule has 0 fully saturated rings. The van der Waals surface area contributed by atoms with Gasteiger partial charge in [0.1, 0.15) is 24.4 Å². The number of ether oxygens (including phenoxy) is 1. The number of thioether (sulfide) groups is 1. The summed E-state index contributed by atoms with van der Waals surface area (Å²) in [5, 5.41) is 35.3. The van der Waals surface area contributed by atoms with Gasteiger partial charge in [-0.05, 0) is 17.5 Å². The maximum atomic E-state index is 13.1. The van der Waals surface area contributed by atoms with E-state index in [1.165, 1.54) is 6.08 Å². The van der Waals surface area contributed by atoms with Crippen molar-refractivity contribution >= 4 is 40.9 Å². The molecule has 0 unspecified atom stereocenters. The Balaban J connectivity index is 2.14. The molecule has 13 heteroatoms. The number of alkyl halides is 3. The molecule has 1 aliphatic heterocycles. The third-order valence-electron chi connectivity index (χ3n) is 4.97. The summed E-state index contributed by atoms with van der Waals surface area (Å²) in [5.41, 5.74) is -1.50. The van der Waals surface area contributed by atoms with Crippen LogP contribution in [-0.2, 0) is 20.5 Å². The van der Waals surface area contributed by atoms with Crippen molar-refractivity contribution in [2.45, 2.75) is 62.3 Å². The van der Waals surface area contributed by atoms with E-state index in [2.05, 4.69) is 10.6 Å². The Morgan fingerprint density at radius 2 is 1.89 bits per heavy atom. The molecule has 0 aliphatic carbocycles. The van der Waals surface area contributed by atoms with Crippen LogP contribution in [0.1, 0.15) is 26.3 Å². The van der Waals surface area contributed by atoms with Crippen molar-refractivity contribution in [1.29, 1.82) is 0 Å². The van der Waals surface area contributed by atoms with Crippen LogP contribution in [0.3, 0.4) is 0 Å². The molecule has 196 valence electrons. The fourth-order valence-corrected chi connectivity index (χ4v) is 4.52. The number of fused-ring (bicyclic) bond motifs is 1. The van der Waals surface area contributed by atoms with Crippen LogP contribution in [0.4, 0.5) is 18.9 Å². The third kappa shape index (κ3) is 7.83. The first kappa shape index (κ1) is 29.4. The first-order chi connectivity index (χ1) is 16.0. The quantitative estimate of drug-likeness (QED) is 0.336. The van der Waals surface area contributed by atoms with Crippen LogP contribution in [0, 0.1) is 5.41 Å². The minimum absolute atomic E-state index is 0.0817. The van der Waals surface area contributed by atoms with Crippen molar-refractivity contribution in [3.8, 4) is 0 Å². The number of carbonyl (C=O) groups is 2. The fraction of sp³-hybridized carbons (Fsp3) is 0.545. The molecule has 1 aromatic carbocycles. The first-order valence-electron chi connectivity index (χ1n) is 10.5. The van der Waals surface area contributed by atoms with Gasteiger partial charge in [0.25, 0.3) is 5.91 Å². The van der Waals surface area contributed by atoms with E-state index in [1.54, 1.807) is 6.08 Å².